The summed E-state index contributed by atoms with van der Waals surface area (Å²) in [5, 5.41) is 8.29. The van der Waals surface area contributed by atoms with Crippen molar-refractivity contribution in [2.75, 3.05) is 6.61 Å². The Morgan fingerprint density at radius 1 is 1.07 bits per heavy atom. The zero-order valence-electron chi connectivity index (χ0n) is 9.02. The number of hydrogen-bond acceptors (Lipinski definition) is 5. The van der Waals surface area contributed by atoms with Crippen molar-refractivity contribution in [2.45, 2.75) is 32.6 Å². The number of aliphatic hydroxyl groups is 1. The molecule has 0 atom stereocenters. The van der Waals surface area contributed by atoms with Gasteiger partial charge in [0.2, 0.25) is 0 Å². The van der Waals surface area contributed by atoms with Gasteiger partial charge >= 0.3 is 59.1 Å². The van der Waals surface area contributed by atoms with Gasteiger partial charge in [0, 0.05) is 17.0 Å². The monoisotopic (exact) mass is 244 g/mol. The second kappa shape index (κ2) is 17.2. The minimum Gasteiger partial charge on any atom is -0.759 e. The molecule has 0 rings (SSSR count). The topological polar surface area (TPSA) is 100 Å². The molecule has 0 aliphatic carbocycles. The predicted octanol–water partition coefficient (Wildman–Crippen LogP) is -5.77. The van der Waals surface area contributed by atoms with Crippen molar-refractivity contribution < 1.29 is 81.7 Å². The van der Waals surface area contributed by atoms with Crippen molar-refractivity contribution in [1.29, 1.82) is 0 Å². The maximum absolute atomic E-state index is 8.52. The number of aliphatic hydroxyl groups excluding tert-OH is 1. The minimum absolute atomic E-state index is 0. The fraction of sp³-hybridized carbons (Fsp3) is 1.00. The van der Waals surface area contributed by atoms with Gasteiger partial charge in [-0.3, -0.25) is 8.42 Å². The van der Waals surface area contributed by atoms with Crippen LogP contribution >= 0.6 is 0 Å². The standard InChI is InChI=1S/C6H14O.2Na.H2O4S/c1-2-3-4-5-6-7;;;1-5(2,3)4/h7H,2-6H2,1H3;;;(H2,1,2,3,4)/q;2*+1;/p-2. The Morgan fingerprint density at radius 3 is 1.64 bits per heavy atom. The Balaban J connectivity index is -0.0000000651. The summed E-state index contributed by atoms with van der Waals surface area (Å²) in [6, 6.07) is 0. The Labute approximate surface area is 130 Å². The van der Waals surface area contributed by atoms with Gasteiger partial charge in [-0.05, 0) is 6.42 Å². The van der Waals surface area contributed by atoms with E-state index in [2.05, 4.69) is 6.92 Å². The molecule has 8 heteroatoms. The molecule has 0 aromatic carbocycles. The summed E-state index contributed by atoms with van der Waals surface area (Å²) in [7, 11) is -5.17. The summed E-state index contributed by atoms with van der Waals surface area (Å²) >= 11 is 0. The molecule has 76 valence electrons. The molecule has 0 aliphatic heterocycles. The molecular weight excluding hydrogens is 230 g/mol. The molecule has 0 aromatic rings. The van der Waals surface area contributed by atoms with Crippen molar-refractivity contribution in [3.63, 3.8) is 0 Å². The zero-order valence-corrected chi connectivity index (χ0v) is 13.8. The Morgan fingerprint density at radius 2 is 1.43 bits per heavy atom. The van der Waals surface area contributed by atoms with Gasteiger partial charge in [-0.2, -0.15) is 0 Å². The van der Waals surface area contributed by atoms with Crippen LogP contribution in [-0.2, 0) is 10.4 Å². The first kappa shape index (κ1) is 24.9. The first-order chi connectivity index (χ1) is 5.41. The van der Waals surface area contributed by atoms with Crippen molar-refractivity contribution >= 4 is 10.4 Å². The van der Waals surface area contributed by atoms with Gasteiger partial charge in [0.1, 0.15) is 0 Å². The van der Waals surface area contributed by atoms with Gasteiger partial charge in [-0.25, -0.2) is 0 Å². The molecule has 0 amide bonds. The third-order valence-corrected chi connectivity index (χ3v) is 1.01. The van der Waals surface area contributed by atoms with Crippen LogP contribution in [0.4, 0.5) is 0 Å². The van der Waals surface area contributed by atoms with Crippen LogP contribution in [0.3, 0.4) is 0 Å². The van der Waals surface area contributed by atoms with Crippen LogP contribution in [0.5, 0.6) is 0 Å². The fourth-order valence-electron chi connectivity index (χ4n) is 0.539. The first-order valence-corrected chi connectivity index (χ1v) is 5.02. The van der Waals surface area contributed by atoms with Gasteiger partial charge in [0.15, 0.2) is 0 Å². The van der Waals surface area contributed by atoms with E-state index in [1.807, 2.05) is 0 Å². The number of unbranched alkanes of at least 4 members (excludes halogenated alkanes) is 3. The molecule has 0 bridgehead atoms. The SMILES string of the molecule is CCCCCCO.O=S(=O)([O-])[O-].[Na+].[Na+]. The van der Waals surface area contributed by atoms with E-state index < -0.39 is 10.4 Å². The Hall–Kier alpha value is 1.83. The van der Waals surface area contributed by atoms with E-state index in [0.717, 1.165) is 6.42 Å². The van der Waals surface area contributed by atoms with Crippen LogP contribution < -0.4 is 59.1 Å². The van der Waals surface area contributed by atoms with E-state index >= 15 is 0 Å². The van der Waals surface area contributed by atoms with Gasteiger partial charge in [0.05, 0.1) is 0 Å². The van der Waals surface area contributed by atoms with Crippen molar-refractivity contribution in [3.05, 3.63) is 0 Å². The van der Waals surface area contributed by atoms with Crippen LogP contribution in [0, 0.1) is 0 Å². The van der Waals surface area contributed by atoms with E-state index in [-0.39, 0.29) is 59.1 Å². The quantitative estimate of drug-likeness (QED) is 0.230. The summed E-state index contributed by atoms with van der Waals surface area (Å²) < 4.78 is 34.1. The number of hydrogen-bond donors (Lipinski definition) is 1. The summed E-state index contributed by atoms with van der Waals surface area (Å²) in [6.07, 6.45) is 4.68. The van der Waals surface area contributed by atoms with Gasteiger partial charge in [0.25, 0.3) is 0 Å². The van der Waals surface area contributed by atoms with E-state index in [9.17, 15) is 0 Å². The summed E-state index contributed by atoms with van der Waals surface area (Å²) in [5.74, 6) is 0. The van der Waals surface area contributed by atoms with Gasteiger partial charge < -0.3 is 14.2 Å². The summed E-state index contributed by atoms with van der Waals surface area (Å²) in [6.45, 7) is 2.53. The van der Waals surface area contributed by atoms with Crippen molar-refractivity contribution in [2.24, 2.45) is 0 Å². The molecule has 0 heterocycles. The Kier molecular flexibility index (Phi) is 30.6. The maximum atomic E-state index is 8.52. The van der Waals surface area contributed by atoms with Crippen LogP contribution in [-0.4, -0.2) is 29.2 Å². The van der Waals surface area contributed by atoms with Crippen LogP contribution in [0.1, 0.15) is 32.6 Å². The molecular formula is C6H14Na2O5S. The third kappa shape index (κ3) is 67.0. The normalized spacial score (nSPS) is 8.86. The minimum atomic E-state index is -5.17. The van der Waals surface area contributed by atoms with Crippen molar-refractivity contribution in [3.8, 4) is 0 Å². The van der Waals surface area contributed by atoms with Crippen LogP contribution in [0.15, 0.2) is 0 Å². The van der Waals surface area contributed by atoms with E-state index in [4.69, 9.17) is 22.6 Å². The molecule has 0 saturated heterocycles. The Bertz CT molecular complexity index is 159. The fourth-order valence-corrected chi connectivity index (χ4v) is 0.539. The smallest absolute Gasteiger partial charge is 0.759 e. The molecule has 0 fully saturated rings. The van der Waals surface area contributed by atoms with E-state index in [1.165, 1.54) is 19.3 Å². The first-order valence-electron chi connectivity index (χ1n) is 3.69. The molecule has 0 saturated carbocycles. The number of rotatable bonds is 4. The molecule has 0 unspecified atom stereocenters. The second-order valence-electron chi connectivity index (χ2n) is 2.19. The van der Waals surface area contributed by atoms with E-state index in [1.54, 1.807) is 0 Å². The molecule has 14 heavy (non-hydrogen) atoms. The van der Waals surface area contributed by atoms with Crippen molar-refractivity contribution in [1.82, 2.24) is 0 Å². The molecule has 0 aromatic heterocycles. The molecule has 0 radical (unpaired) electrons. The molecule has 1 N–H and O–H groups in total. The summed E-state index contributed by atoms with van der Waals surface area (Å²) in [4.78, 5) is 0. The predicted molar refractivity (Wildman–Crippen MR) is 41.7 cm³/mol. The van der Waals surface area contributed by atoms with Crippen LogP contribution in [0.25, 0.3) is 0 Å². The average Bonchev–Trinajstić information content (AvgIpc) is 1.85. The van der Waals surface area contributed by atoms with Crippen LogP contribution in [0.2, 0.25) is 0 Å². The maximum Gasteiger partial charge on any atom is 1.00 e. The molecule has 5 nitrogen and oxygen atoms in total. The zero-order chi connectivity index (χ0) is 10.0. The van der Waals surface area contributed by atoms with E-state index in [0.29, 0.717) is 6.61 Å². The summed E-state index contributed by atoms with van der Waals surface area (Å²) in [5.41, 5.74) is 0. The molecule has 0 spiro atoms. The second-order valence-corrected chi connectivity index (χ2v) is 3.01. The van der Waals surface area contributed by atoms with Gasteiger partial charge in [-0.15, -0.1) is 0 Å². The largest absolute Gasteiger partial charge is 1.00 e. The van der Waals surface area contributed by atoms with Gasteiger partial charge in [-0.1, -0.05) is 26.2 Å². The molecule has 0 aliphatic rings. The third-order valence-electron chi connectivity index (χ3n) is 1.01. The average molecular weight is 244 g/mol.